The van der Waals surface area contributed by atoms with Crippen molar-refractivity contribution in [3.05, 3.63) is 24.1 Å². The van der Waals surface area contributed by atoms with Crippen LogP contribution in [0, 0.1) is 12.7 Å². The Morgan fingerprint density at radius 1 is 1.42 bits per heavy atom. The average molecular weight is 263 g/mol. The fourth-order valence-corrected chi connectivity index (χ4v) is 2.13. The number of nitrogens with zero attached hydrogens (tertiary/aromatic N) is 4. The molecular formula is C12H14FN5O. The number of aryl methyl sites for hydroxylation is 1. The van der Waals surface area contributed by atoms with Crippen molar-refractivity contribution < 1.29 is 8.91 Å². The third-order valence-corrected chi connectivity index (χ3v) is 3.37. The monoisotopic (exact) mass is 263 g/mol. The van der Waals surface area contributed by atoms with Crippen LogP contribution in [0.15, 0.2) is 17.0 Å². The molecule has 1 N–H and O–H groups in total. The van der Waals surface area contributed by atoms with Gasteiger partial charge in [0.05, 0.1) is 11.8 Å². The summed E-state index contributed by atoms with van der Waals surface area (Å²) in [7, 11) is 1.89. The highest BCUT2D eigenvalue weighted by atomic mass is 19.1. The van der Waals surface area contributed by atoms with E-state index in [0.29, 0.717) is 23.2 Å². The van der Waals surface area contributed by atoms with Gasteiger partial charge < -0.3 is 14.7 Å². The minimum atomic E-state index is -0.427. The Labute approximate surface area is 109 Å². The van der Waals surface area contributed by atoms with Gasteiger partial charge in [-0.1, -0.05) is 5.16 Å². The predicted octanol–water partition coefficient (Wildman–Crippen LogP) is 0.987. The normalized spacial score (nSPS) is 15.6. The Bertz CT molecular complexity index is 594. The largest absolute Gasteiger partial charge is 0.361 e. The van der Waals surface area contributed by atoms with E-state index in [9.17, 15) is 4.39 Å². The maximum absolute atomic E-state index is 14.5. The maximum Gasteiger partial charge on any atom is 0.192 e. The number of halogens is 1. The summed E-state index contributed by atoms with van der Waals surface area (Å²) in [5.41, 5.74) is 0.795. The highest BCUT2D eigenvalue weighted by Crippen LogP contribution is 2.29. The lowest BCUT2D eigenvalue weighted by molar-refractivity contribution is 0.397. The van der Waals surface area contributed by atoms with E-state index in [-0.39, 0.29) is 5.69 Å². The van der Waals surface area contributed by atoms with Gasteiger partial charge in [0.25, 0.3) is 0 Å². The van der Waals surface area contributed by atoms with Crippen LogP contribution in [-0.4, -0.2) is 41.3 Å². The molecule has 0 unspecified atom stereocenters. The van der Waals surface area contributed by atoms with Crippen molar-refractivity contribution in [1.29, 1.82) is 0 Å². The standard InChI is InChI=1S/C12H14FN5O/c1-7-9(3-17-19-7)11-10(13)12(16-6-15-11)18-4-8(5-18)14-2/h3,6,8,14H,4-5H2,1-2H3. The first-order valence-electron chi connectivity index (χ1n) is 6.05. The Morgan fingerprint density at radius 2 is 2.21 bits per heavy atom. The molecule has 1 saturated heterocycles. The first-order chi connectivity index (χ1) is 9.20. The van der Waals surface area contributed by atoms with Gasteiger partial charge in [-0.25, -0.2) is 14.4 Å². The minimum Gasteiger partial charge on any atom is -0.361 e. The Hall–Kier alpha value is -2.02. The highest BCUT2D eigenvalue weighted by Gasteiger charge is 2.30. The SMILES string of the molecule is CNC1CN(c2ncnc(-c3cnoc3C)c2F)C1. The molecule has 0 radical (unpaired) electrons. The molecule has 0 bridgehead atoms. The highest BCUT2D eigenvalue weighted by molar-refractivity contribution is 5.65. The molecule has 19 heavy (non-hydrogen) atoms. The van der Waals surface area contributed by atoms with Gasteiger partial charge >= 0.3 is 0 Å². The lowest BCUT2D eigenvalue weighted by Gasteiger charge is -2.39. The summed E-state index contributed by atoms with van der Waals surface area (Å²) in [4.78, 5) is 9.90. The summed E-state index contributed by atoms with van der Waals surface area (Å²) < 4.78 is 19.4. The van der Waals surface area contributed by atoms with Gasteiger partial charge in [0.1, 0.15) is 17.8 Å². The lowest BCUT2D eigenvalue weighted by atomic mass is 10.1. The van der Waals surface area contributed by atoms with E-state index in [4.69, 9.17) is 4.52 Å². The van der Waals surface area contributed by atoms with Gasteiger partial charge in [0.15, 0.2) is 11.6 Å². The van der Waals surface area contributed by atoms with Crippen LogP contribution in [0.4, 0.5) is 10.2 Å². The van der Waals surface area contributed by atoms with Crippen LogP contribution >= 0.6 is 0 Å². The molecule has 1 aliphatic rings. The summed E-state index contributed by atoms with van der Waals surface area (Å²) in [5, 5.41) is 6.79. The number of anilines is 1. The molecule has 6 nitrogen and oxygen atoms in total. The molecule has 3 heterocycles. The molecule has 1 aliphatic heterocycles. The number of aromatic nitrogens is 3. The molecule has 1 fully saturated rings. The van der Waals surface area contributed by atoms with E-state index in [1.54, 1.807) is 6.92 Å². The van der Waals surface area contributed by atoms with Crippen molar-refractivity contribution in [2.75, 3.05) is 25.0 Å². The first kappa shape index (κ1) is 12.0. The van der Waals surface area contributed by atoms with E-state index in [0.717, 1.165) is 13.1 Å². The molecule has 3 rings (SSSR count). The van der Waals surface area contributed by atoms with Gasteiger partial charge in [0, 0.05) is 19.1 Å². The minimum absolute atomic E-state index is 0.233. The maximum atomic E-state index is 14.5. The number of rotatable bonds is 3. The van der Waals surface area contributed by atoms with Crippen molar-refractivity contribution >= 4 is 5.82 Å². The Kier molecular flexibility index (Phi) is 2.90. The Morgan fingerprint density at radius 3 is 2.84 bits per heavy atom. The van der Waals surface area contributed by atoms with Crippen LogP contribution in [0.25, 0.3) is 11.3 Å². The van der Waals surface area contributed by atoms with Crippen LogP contribution in [0.3, 0.4) is 0 Å². The summed E-state index contributed by atoms with van der Waals surface area (Å²) in [6.07, 6.45) is 2.84. The fourth-order valence-electron chi connectivity index (χ4n) is 2.13. The fraction of sp³-hybridized carbons (Fsp3) is 0.417. The molecule has 2 aromatic heterocycles. The van der Waals surface area contributed by atoms with Gasteiger partial charge in [-0.15, -0.1) is 0 Å². The first-order valence-corrected chi connectivity index (χ1v) is 6.05. The zero-order chi connectivity index (χ0) is 13.4. The third-order valence-electron chi connectivity index (χ3n) is 3.37. The molecule has 0 atom stereocenters. The predicted molar refractivity (Wildman–Crippen MR) is 67.3 cm³/mol. The number of nitrogens with one attached hydrogen (secondary N) is 1. The molecule has 0 amide bonds. The summed E-state index contributed by atoms with van der Waals surface area (Å²) in [6, 6.07) is 0.384. The van der Waals surface area contributed by atoms with Crippen LogP contribution in [0.5, 0.6) is 0 Å². The van der Waals surface area contributed by atoms with E-state index >= 15 is 0 Å². The number of likely N-dealkylation sites (N-methyl/N-ethyl adjacent to an activating group) is 1. The molecular weight excluding hydrogens is 249 g/mol. The Balaban J connectivity index is 1.94. The topological polar surface area (TPSA) is 67.1 Å². The molecule has 100 valence electrons. The van der Waals surface area contributed by atoms with Crippen LogP contribution in [0.2, 0.25) is 0 Å². The number of hydrogen-bond acceptors (Lipinski definition) is 6. The smallest absolute Gasteiger partial charge is 0.192 e. The van der Waals surface area contributed by atoms with Crippen LogP contribution in [-0.2, 0) is 0 Å². The summed E-state index contributed by atoms with van der Waals surface area (Å²) >= 11 is 0. The zero-order valence-electron chi connectivity index (χ0n) is 10.7. The van der Waals surface area contributed by atoms with E-state index in [2.05, 4.69) is 20.4 Å². The summed E-state index contributed by atoms with van der Waals surface area (Å²) in [5.74, 6) is 0.445. The number of hydrogen-bond donors (Lipinski definition) is 1. The summed E-state index contributed by atoms with van der Waals surface area (Å²) in [6.45, 7) is 3.21. The van der Waals surface area contributed by atoms with Crippen molar-refractivity contribution in [3.63, 3.8) is 0 Å². The zero-order valence-corrected chi connectivity index (χ0v) is 10.7. The van der Waals surface area contributed by atoms with E-state index < -0.39 is 5.82 Å². The van der Waals surface area contributed by atoms with Crippen molar-refractivity contribution in [3.8, 4) is 11.3 Å². The van der Waals surface area contributed by atoms with Crippen LogP contribution in [0.1, 0.15) is 5.76 Å². The molecule has 7 heteroatoms. The molecule has 2 aromatic rings. The second-order valence-electron chi connectivity index (χ2n) is 4.55. The lowest BCUT2D eigenvalue weighted by Crippen LogP contribution is -2.57. The second kappa shape index (κ2) is 4.58. The van der Waals surface area contributed by atoms with Crippen molar-refractivity contribution in [1.82, 2.24) is 20.4 Å². The van der Waals surface area contributed by atoms with Gasteiger partial charge in [0.2, 0.25) is 0 Å². The molecule has 0 saturated carbocycles. The molecule has 0 aromatic carbocycles. The van der Waals surface area contributed by atoms with E-state index in [1.165, 1.54) is 12.5 Å². The van der Waals surface area contributed by atoms with Crippen molar-refractivity contribution in [2.24, 2.45) is 0 Å². The quantitative estimate of drug-likeness (QED) is 0.890. The second-order valence-corrected chi connectivity index (χ2v) is 4.55. The third kappa shape index (κ3) is 1.95. The van der Waals surface area contributed by atoms with E-state index in [1.807, 2.05) is 11.9 Å². The van der Waals surface area contributed by atoms with Gasteiger partial charge in [-0.05, 0) is 14.0 Å². The van der Waals surface area contributed by atoms with Crippen molar-refractivity contribution in [2.45, 2.75) is 13.0 Å². The molecule has 0 aliphatic carbocycles. The van der Waals surface area contributed by atoms with Gasteiger partial charge in [-0.3, -0.25) is 0 Å². The molecule has 0 spiro atoms. The van der Waals surface area contributed by atoms with Crippen LogP contribution < -0.4 is 10.2 Å². The average Bonchev–Trinajstić information content (AvgIpc) is 2.76. The van der Waals surface area contributed by atoms with Gasteiger partial charge in [-0.2, -0.15) is 0 Å².